The van der Waals surface area contributed by atoms with Gasteiger partial charge in [0, 0.05) is 43.2 Å². The highest BCUT2D eigenvalue weighted by Crippen LogP contribution is 2.46. The number of methoxy groups -OCH3 is 1. The van der Waals surface area contributed by atoms with Crippen LogP contribution in [0.15, 0.2) is 30.3 Å². The average molecular weight is 649 g/mol. The van der Waals surface area contributed by atoms with E-state index in [9.17, 15) is 22.4 Å². The van der Waals surface area contributed by atoms with Crippen LogP contribution in [0.25, 0.3) is 0 Å². The van der Waals surface area contributed by atoms with E-state index in [0.717, 1.165) is 31.0 Å². The van der Waals surface area contributed by atoms with Gasteiger partial charge in [-0.25, -0.2) is 13.2 Å². The van der Waals surface area contributed by atoms with Crippen molar-refractivity contribution in [2.24, 2.45) is 5.92 Å². The van der Waals surface area contributed by atoms with Crippen LogP contribution >= 0.6 is 11.6 Å². The predicted molar refractivity (Wildman–Crippen MR) is 152 cm³/mol. The molecule has 3 aliphatic rings. The Labute approximate surface area is 257 Å². The molecule has 3 fully saturated rings. The third kappa shape index (κ3) is 8.38. The summed E-state index contributed by atoms with van der Waals surface area (Å²) in [7, 11) is 1.31. The van der Waals surface area contributed by atoms with E-state index in [-0.39, 0.29) is 80.3 Å². The summed E-state index contributed by atoms with van der Waals surface area (Å²) in [6.07, 6.45) is -3.78. The molecule has 242 valence electrons. The lowest BCUT2D eigenvalue weighted by Crippen LogP contribution is -2.44. The predicted octanol–water partition coefficient (Wildman–Crippen LogP) is 6.98. The van der Waals surface area contributed by atoms with Gasteiger partial charge in [-0.2, -0.15) is 13.2 Å². The van der Waals surface area contributed by atoms with Gasteiger partial charge in [0.05, 0.1) is 24.8 Å². The number of hydrogen-bond acceptors (Lipinski definition) is 5. The third-order valence-corrected chi connectivity index (χ3v) is 8.63. The molecule has 1 aliphatic carbocycles. The van der Waals surface area contributed by atoms with Gasteiger partial charge in [0.15, 0.2) is 0 Å². The largest absolute Gasteiger partial charge is 0.490 e. The molecule has 0 bridgehead atoms. The normalized spacial score (nSPS) is 21.8. The van der Waals surface area contributed by atoms with Crippen molar-refractivity contribution in [3.63, 3.8) is 0 Å². The van der Waals surface area contributed by atoms with Crippen LogP contribution in [0.3, 0.4) is 0 Å². The third-order valence-electron chi connectivity index (χ3n) is 8.26. The molecule has 2 saturated heterocycles. The number of likely N-dealkylation sites (tertiary alicyclic amines) is 2. The van der Waals surface area contributed by atoms with Gasteiger partial charge in [-0.05, 0) is 67.0 Å². The molecule has 1 saturated carbocycles. The Balaban J connectivity index is 0.00000104. The lowest BCUT2D eigenvalue weighted by atomic mass is 9.93. The van der Waals surface area contributed by atoms with Gasteiger partial charge >= 0.3 is 6.18 Å². The molecule has 0 aromatic heterocycles. The second kappa shape index (κ2) is 14.0. The Morgan fingerprint density at radius 3 is 2.34 bits per heavy atom. The first-order valence-electron chi connectivity index (χ1n) is 14.4. The minimum Gasteiger partial charge on any atom is -0.490 e. The summed E-state index contributed by atoms with van der Waals surface area (Å²) in [5, 5.41) is 0.216. The summed E-state index contributed by atoms with van der Waals surface area (Å²) >= 11 is 6.12. The lowest BCUT2D eigenvalue weighted by molar-refractivity contribution is -0.137. The number of hydrogen-bond donors (Lipinski definition) is 0. The van der Waals surface area contributed by atoms with Crippen LogP contribution < -0.4 is 4.74 Å². The molecular weight excluding hydrogens is 614 g/mol. The van der Waals surface area contributed by atoms with Gasteiger partial charge in [0.1, 0.15) is 30.0 Å². The zero-order valence-corrected chi connectivity index (χ0v) is 25.2. The number of benzene rings is 2. The number of carbonyl (C=O) groups is 2. The van der Waals surface area contributed by atoms with Crippen LogP contribution in [0, 0.1) is 11.7 Å². The zero-order chi connectivity index (χ0) is 32.2. The SMILES string of the molecule is CC1CN(C(=O)c2cc(C3CC3)c(OCC3(F)CCN(Cc4cc(C(F)(F)F)ccc4Cl)CC3)cc2F)CC1F.COC=O. The van der Waals surface area contributed by atoms with Gasteiger partial charge in [0.25, 0.3) is 12.4 Å². The number of rotatable bonds is 8. The van der Waals surface area contributed by atoms with Crippen molar-refractivity contribution < 1.29 is 45.4 Å². The van der Waals surface area contributed by atoms with Crippen molar-refractivity contribution >= 4 is 24.0 Å². The molecule has 0 radical (unpaired) electrons. The second-order valence-corrected chi connectivity index (χ2v) is 12.1. The highest BCUT2D eigenvalue weighted by atomic mass is 35.5. The first kappa shape index (κ1) is 33.9. The Morgan fingerprint density at radius 1 is 1.14 bits per heavy atom. The minimum atomic E-state index is -4.48. The fourth-order valence-electron chi connectivity index (χ4n) is 5.41. The molecule has 2 unspecified atom stereocenters. The molecule has 2 aromatic rings. The molecule has 2 aliphatic heterocycles. The van der Waals surface area contributed by atoms with E-state index in [1.165, 1.54) is 24.1 Å². The molecule has 13 heteroatoms. The summed E-state index contributed by atoms with van der Waals surface area (Å²) in [4.78, 5) is 25.0. The van der Waals surface area contributed by atoms with Crippen LogP contribution in [0.5, 0.6) is 5.75 Å². The van der Waals surface area contributed by atoms with E-state index in [1.807, 2.05) is 4.90 Å². The number of carbonyl (C=O) groups excluding carboxylic acids is 2. The Morgan fingerprint density at radius 2 is 1.80 bits per heavy atom. The molecule has 2 atom stereocenters. The topological polar surface area (TPSA) is 59.1 Å². The standard InChI is InChI=1S/C29H31ClF6N2O2.C2H4O2/c1-17-13-38(15-25(17)32)27(39)22-11-21(18-2-3-18)26(12-24(22)31)40-16-28(33)6-8-37(9-7-28)14-19-10-20(29(34,35)36)4-5-23(19)30;1-4-2-3/h4-5,10-12,17-18,25H,2-3,6-9,13-16H2,1H3;2H,1H3. The fraction of sp³-hybridized carbons (Fsp3) is 0.548. The van der Waals surface area contributed by atoms with E-state index >= 15 is 8.78 Å². The number of piperidine rings is 1. The molecule has 2 aromatic carbocycles. The molecule has 6 nitrogen and oxygen atoms in total. The van der Waals surface area contributed by atoms with Crippen LogP contribution in [-0.2, 0) is 22.3 Å². The molecule has 44 heavy (non-hydrogen) atoms. The van der Waals surface area contributed by atoms with Crippen molar-refractivity contribution in [3.8, 4) is 5.75 Å². The lowest BCUT2D eigenvalue weighted by Gasteiger charge is -2.36. The number of alkyl halides is 5. The fourth-order valence-corrected chi connectivity index (χ4v) is 5.59. The number of halogens is 7. The van der Waals surface area contributed by atoms with E-state index in [1.54, 1.807) is 6.92 Å². The maximum Gasteiger partial charge on any atom is 0.416 e. The maximum absolute atomic E-state index is 15.7. The number of ether oxygens (including phenoxy) is 2. The molecule has 1 amide bonds. The monoisotopic (exact) mass is 648 g/mol. The van der Waals surface area contributed by atoms with E-state index < -0.39 is 35.3 Å². The van der Waals surface area contributed by atoms with Gasteiger partial charge in [-0.1, -0.05) is 18.5 Å². The quantitative estimate of drug-likeness (QED) is 0.229. The van der Waals surface area contributed by atoms with Gasteiger partial charge in [-0.15, -0.1) is 0 Å². The molecule has 5 rings (SSSR count). The number of nitrogens with zero attached hydrogens (tertiary/aromatic N) is 2. The Kier molecular flexibility index (Phi) is 10.8. The van der Waals surface area contributed by atoms with Crippen LogP contribution in [0.1, 0.15) is 65.6 Å². The van der Waals surface area contributed by atoms with Crippen molar-refractivity contribution in [2.75, 3.05) is 39.9 Å². The first-order chi connectivity index (χ1) is 20.7. The molecular formula is C31H35ClF6N2O4. The van der Waals surface area contributed by atoms with Crippen molar-refractivity contribution in [1.29, 1.82) is 0 Å². The average Bonchev–Trinajstić information content (AvgIpc) is 3.77. The highest BCUT2D eigenvalue weighted by molar-refractivity contribution is 6.31. The molecule has 2 heterocycles. The molecule has 0 N–H and O–H groups in total. The highest BCUT2D eigenvalue weighted by Gasteiger charge is 2.38. The van der Waals surface area contributed by atoms with E-state index in [4.69, 9.17) is 21.1 Å². The first-order valence-corrected chi connectivity index (χ1v) is 14.8. The van der Waals surface area contributed by atoms with Crippen molar-refractivity contribution in [3.05, 3.63) is 63.4 Å². The summed E-state index contributed by atoms with van der Waals surface area (Å²) in [5.74, 6) is -1.38. The number of amides is 1. The van der Waals surface area contributed by atoms with E-state index in [0.29, 0.717) is 17.6 Å². The van der Waals surface area contributed by atoms with Crippen molar-refractivity contribution in [2.45, 2.75) is 63.1 Å². The summed E-state index contributed by atoms with van der Waals surface area (Å²) in [6.45, 7) is 2.64. The van der Waals surface area contributed by atoms with Crippen LogP contribution in [-0.4, -0.2) is 73.9 Å². The summed E-state index contributed by atoms with van der Waals surface area (Å²) < 4.78 is 93.7. The van der Waals surface area contributed by atoms with Gasteiger partial charge in [-0.3, -0.25) is 14.5 Å². The molecule has 0 spiro atoms. The van der Waals surface area contributed by atoms with Crippen molar-refractivity contribution in [1.82, 2.24) is 9.80 Å². The zero-order valence-electron chi connectivity index (χ0n) is 24.4. The summed E-state index contributed by atoms with van der Waals surface area (Å²) in [5.41, 5.74) is -1.66. The maximum atomic E-state index is 15.7. The van der Waals surface area contributed by atoms with Gasteiger partial charge < -0.3 is 14.4 Å². The smallest absolute Gasteiger partial charge is 0.416 e. The summed E-state index contributed by atoms with van der Waals surface area (Å²) in [6, 6.07) is 5.76. The Bertz CT molecular complexity index is 1320. The second-order valence-electron chi connectivity index (χ2n) is 11.7. The van der Waals surface area contributed by atoms with Gasteiger partial charge in [0.2, 0.25) is 0 Å². The van der Waals surface area contributed by atoms with Crippen LogP contribution in [0.4, 0.5) is 26.3 Å². The van der Waals surface area contributed by atoms with E-state index in [2.05, 4.69) is 4.74 Å². The van der Waals surface area contributed by atoms with Crippen LogP contribution in [0.2, 0.25) is 5.02 Å². The Hall–Kier alpha value is -2.99. The minimum absolute atomic E-state index is 0.0716.